The highest BCUT2D eigenvalue weighted by Crippen LogP contribution is 2.26. The quantitative estimate of drug-likeness (QED) is 0.689. The smallest absolute Gasteiger partial charge is 0.264 e. The number of likely N-dealkylation sites (N-methyl/N-ethyl adjacent to an activating group) is 1. The SMILES string of the molecule is CN(Cc1nc2ccccc2s1)C(=O)C1CCCN1C(=O)c1cccs1. The van der Waals surface area contributed by atoms with Crippen LogP contribution in [0.2, 0.25) is 0 Å². The number of hydrogen-bond acceptors (Lipinski definition) is 5. The summed E-state index contributed by atoms with van der Waals surface area (Å²) >= 11 is 3.03. The van der Waals surface area contributed by atoms with E-state index in [0.29, 0.717) is 18.0 Å². The molecule has 3 aromatic rings. The summed E-state index contributed by atoms with van der Waals surface area (Å²) in [5.41, 5.74) is 0.962. The lowest BCUT2D eigenvalue weighted by atomic mass is 10.2. The summed E-state index contributed by atoms with van der Waals surface area (Å²) < 4.78 is 1.12. The number of nitrogens with zero attached hydrogens (tertiary/aromatic N) is 3. The van der Waals surface area contributed by atoms with Crippen LogP contribution in [0.5, 0.6) is 0 Å². The number of carbonyl (C=O) groups is 2. The van der Waals surface area contributed by atoms with Crippen LogP contribution in [-0.2, 0) is 11.3 Å². The minimum Gasteiger partial charge on any atom is -0.337 e. The van der Waals surface area contributed by atoms with Crippen LogP contribution in [0.3, 0.4) is 0 Å². The van der Waals surface area contributed by atoms with E-state index in [1.165, 1.54) is 11.3 Å². The molecule has 1 atom stereocenters. The van der Waals surface area contributed by atoms with E-state index in [9.17, 15) is 9.59 Å². The molecule has 0 spiro atoms. The van der Waals surface area contributed by atoms with Crippen molar-refractivity contribution in [1.82, 2.24) is 14.8 Å². The fraction of sp³-hybridized carbons (Fsp3) is 0.316. The number of carbonyl (C=O) groups excluding carboxylic acids is 2. The zero-order valence-corrected chi connectivity index (χ0v) is 16.1. The van der Waals surface area contributed by atoms with Gasteiger partial charge in [0.1, 0.15) is 11.0 Å². The van der Waals surface area contributed by atoms with Crippen LogP contribution in [0.4, 0.5) is 0 Å². The van der Waals surface area contributed by atoms with Crippen molar-refractivity contribution in [2.45, 2.75) is 25.4 Å². The minimum absolute atomic E-state index is 0.00772. The lowest BCUT2D eigenvalue weighted by Gasteiger charge is -2.27. The number of aromatic nitrogens is 1. The summed E-state index contributed by atoms with van der Waals surface area (Å²) in [5.74, 6) is -0.0455. The molecule has 0 N–H and O–H groups in total. The van der Waals surface area contributed by atoms with Crippen molar-refractivity contribution in [2.75, 3.05) is 13.6 Å². The highest BCUT2D eigenvalue weighted by Gasteiger charge is 2.36. The maximum absolute atomic E-state index is 13.0. The minimum atomic E-state index is -0.371. The highest BCUT2D eigenvalue weighted by molar-refractivity contribution is 7.18. The van der Waals surface area contributed by atoms with Gasteiger partial charge in [0.25, 0.3) is 5.91 Å². The molecule has 0 bridgehead atoms. The van der Waals surface area contributed by atoms with Gasteiger partial charge in [-0.25, -0.2) is 4.98 Å². The Morgan fingerprint density at radius 1 is 1.27 bits per heavy atom. The summed E-state index contributed by atoms with van der Waals surface area (Å²) in [6, 6.07) is 11.3. The van der Waals surface area contributed by atoms with Crippen molar-refractivity contribution in [3.63, 3.8) is 0 Å². The molecule has 1 aromatic carbocycles. The average Bonchev–Trinajstić information content (AvgIpc) is 3.39. The van der Waals surface area contributed by atoms with Crippen LogP contribution in [0.25, 0.3) is 10.2 Å². The molecule has 3 heterocycles. The molecule has 0 saturated carbocycles. The van der Waals surface area contributed by atoms with Crippen molar-refractivity contribution in [1.29, 1.82) is 0 Å². The normalized spacial score (nSPS) is 17.0. The topological polar surface area (TPSA) is 53.5 Å². The van der Waals surface area contributed by atoms with Crippen LogP contribution in [0, 0.1) is 0 Å². The molecule has 1 unspecified atom stereocenters. The van der Waals surface area contributed by atoms with Crippen molar-refractivity contribution < 1.29 is 9.59 Å². The van der Waals surface area contributed by atoms with E-state index in [-0.39, 0.29) is 17.9 Å². The van der Waals surface area contributed by atoms with Crippen LogP contribution < -0.4 is 0 Å². The fourth-order valence-corrected chi connectivity index (χ4v) is 5.03. The second-order valence-electron chi connectivity index (χ2n) is 6.40. The average molecular weight is 386 g/mol. The molecule has 1 aliphatic rings. The number of hydrogen-bond donors (Lipinski definition) is 0. The van der Waals surface area contributed by atoms with Gasteiger partial charge in [0.2, 0.25) is 5.91 Å². The predicted octanol–water partition coefficient (Wildman–Crippen LogP) is 3.62. The Balaban J connectivity index is 1.47. The second kappa shape index (κ2) is 7.17. The van der Waals surface area contributed by atoms with Gasteiger partial charge in [0.15, 0.2) is 0 Å². The Morgan fingerprint density at radius 3 is 2.88 bits per heavy atom. The van der Waals surface area contributed by atoms with Crippen LogP contribution in [-0.4, -0.2) is 46.2 Å². The van der Waals surface area contributed by atoms with E-state index < -0.39 is 0 Å². The van der Waals surface area contributed by atoms with Gasteiger partial charge >= 0.3 is 0 Å². The van der Waals surface area contributed by atoms with E-state index in [1.807, 2.05) is 41.8 Å². The lowest BCUT2D eigenvalue weighted by Crippen LogP contribution is -2.46. The zero-order chi connectivity index (χ0) is 18.1. The molecule has 5 nitrogen and oxygen atoms in total. The van der Waals surface area contributed by atoms with Crippen LogP contribution in [0.15, 0.2) is 41.8 Å². The van der Waals surface area contributed by atoms with Gasteiger partial charge in [-0.1, -0.05) is 18.2 Å². The van der Waals surface area contributed by atoms with Gasteiger partial charge in [-0.15, -0.1) is 22.7 Å². The maximum atomic E-state index is 13.0. The molecule has 7 heteroatoms. The first-order chi connectivity index (χ1) is 12.6. The Hall–Kier alpha value is -2.25. The Morgan fingerprint density at radius 2 is 2.12 bits per heavy atom. The first-order valence-corrected chi connectivity index (χ1v) is 10.3. The predicted molar refractivity (Wildman–Crippen MR) is 104 cm³/mol. The summed E-state index contributed by atoms with van der Waals surface area (Å²) in [4.78, 5) is 34.4. The monoisotopic (exact) mass is 385 g/mol. The van der Waals surface area contributed by atoms with Gasteiger partial charge in [-0.2, -0.15) is 0 Å². The van der Waals surface area contributed by atoms with Gasteiger partial charge in [-0.05, 0) is 36.4 Å². The second-order valence-corrected chi connectivity index (χ2v) is 8.47. The fourth-order valence-electron chi connectivity index (χ4n) is 3.33. The standard InChI is InChI=1S/C19H19N3O2S2/c1-21(12-17-20-13-6-2-3-8-15(13)26-17)18(23)14-7-4-10-22(14)19(24)16-9-5-11-25-16/h2-3,5-6,8-9,11,14H,4,7,10,12H2,1H3. The third-order valence-electron chi connectivity index (χ3n) is 4.62. The first kappa shape index (κ1) is 17.2. The molecule has 4 rings (SSSR count). The molecule has 1 aliphatic heterocycles. The molecule has 26 heavy (non-hydrogen) atoms. The molecule has 1 fully saturated rings. The largest absolute Gasteiger partial charge is 0.337 e. The Labute approximate surface area is 159 Å². The number of rotatable bonds is 4. The number of amides is 2. The molecule has 1 saturated heterocycles. The molecule has 134 valence electrons. The zero-order valence-electron chi connectivity index (χ0n) is 14.4. The summed E-state index contributed by atoms with van der Waals surface area (Å²) in [7, 11) is 1.79. The van der Waals surface area contributed by atoms with Crippen LogP contribution in [0.1, 0.15) is 27.5 Å². The van der Waals surface area contributed by atoms with Gasteiger partial charge < -0.3 is 9.80 Å². The highest BCUT2D eigenvalue weighted by atomic mass is 32.1. The van der Waals surface area contributed by atoms with E-state index in [1.54, 1.807) is 28.2 Å². The van der Waals surface area contributed by atoms with Crippen molar-refractivity contribution in [2.24, 2.45) is 0 Å². The van der Waals surface area contributed by atoms with E-state index in [4.69, 9.17) is 0 Å². The third kappa shape index (κ3) is 3.24. The Bertz CT molecular complexity index is 902. The summed E-state index contributed by atoms with van der Waals surface area (Å²) in [6.07, 6.45) is 1.59. The third-order valence-corrected chi connectivity index (χ3v) is 6.50. The number of likely N-dealkylation sites (tertiary alicyclic amines) is 1. The molecule has 2 amide bonds. The molecular weight excluding hydrogens is 366 g/mol. The van der Waals surface area contributed by atoms with Crippen LogP contribution >= 0.6 is 22.7 Å². The number of thiophene rings is 1. The van der Waals surface area contributed by atoms with E-state index in [2.05, 4.69) is 4.98 Å². The first-order valence-electron chi connectivity index (χ1n) is 8.57. The summed E-state index contributed by atoms with van der Waals surface area (Å²) in [6.45, 7) is 1.11. The number of fused-ring (bicyclic) bond motifs is 1. The van der Waals surface area contributed by atoms with Gasteiger partial charge in [-0.3, -0.25) is 9.59 Å². The number of benzene rings is 1. The van der Waals surface area contributed by atoms with Crippen molar-refractivity contribution >= 4 is 44.7 Å². The number of para-hydroxylation sites is 1. The Kier molecular flexibility index (Phi) is 4.74. The van der Waals surface area contributed by atoms with Gasteiger partial charge in [0.05, 0.1) is 21.6 Å². The number of thiazole rings is 1. The molecule has 0 aliphatic carbocycles. The maximum Gasteiger partial charge on any atom is 0.264 e. The van der Waals surface area contributed by atoms with Gasteiger partial charge in [0, 0.05) is 13.6 Å². The summed E-state index contributed by atoms with van der Waals surface area (Å²) in [5, 5.41) is 2.80. The molecular formula is C19H19N3O2S2. The molecule has 0 radical (unpaired) electrons. The van der Waals surface area contributed by atoms with Crippen molar-refractivity contribution in [3.8, 4) is 0 Å². The van der Waals surface area contributed by atoms with E-state index >= 15 is 0 Å². The lowest BCUT2D eigenvalue weighted by molar-refractivity contribution is -0.134. The van der Waals surface area contributed by atoms with Crippen molar-refractivity contribution in [3.05, 3.63) is 51.7 Å². The molecule has 2 aromatic heterocycles. The van der Waals surface area contributed by atoms with E-state index in [0.717, 1.165) is 28.1 Å².